The van der Waals surface area contributed by atoms with Crippen molar-refractivity contribution in [2.24, 2.45) is 0 Å². The Labute approximate surface area is 199 Å². The molecule has 0 radical (unpaired) electrons. The number of amides is 1. The second kappa shape index (κ2) is 10.9. The fourth-order valence-electron chi connectivity index (χ4n) is 3.92. The van der Waals surface area contributed by atoms with Gasteiger partial charge >= 0.3 is 0 Å². The van der Waals surface area contributed by atoms with Gasteiger partial charge in [-0.15, -0.1) is 10.2 Å². The minimum Gasteiger partial charge on any atom is -0.378 e. The van der Waals surface area contributed by atoms with Gasteiger partial charge < -0.3 is 14.5 Å². The van der Waals surface area contributed by atoms with Crippen LogP contribution in [0.15, 0.2) is 59.8 Å². The first-order valence-corrected chi connectivity index (χ1v) is 12.4. The van der Waals surface area contributed by atoms with Gasteiger partial charge in [-0.05, 0) is 38.5 Å². The molecule has 0 aliphatic carbocycles. The molecule has 2 aromatic carbocycles. The number of aromatic nitrogens is 3. The van der Waals surface area contributed by atoms with E-state index < -0.39 is 5.25 Å². The van der Waals surface area contributed by atoms with E-state index in [9.17, 15) is 4.79 Å². The third kappa shape index (κ3) is 5.23. The molecule has 1 amide bonds. The summed E-state index contributed by atoms with van der Waals surface area (Å²) in [5, 5.41) is 9.44. The molecule has 0 saturated carbocycles. The van der Waals surface area contributed by atoms with Crippen LogP contribution in [0.1, 0.15) is 30.2 Å². The summed E-state index contributed by atoms with van der Waals surface area (Å²) < 4.78 is 7.61. The Bertz CT molecular complexity index is 1040. The van der Waals surface area contributed by atoms with Crippen molar-refractivity contribution in [3.63, 3.8) is 0 Å². The lowest BCUT2D eigenvalue weighted by Crippen LogP contribution is -2.38. The van der Waals surface area contributed by atoms with E-state index in [2.05, 4.69) is 50.9 Å². The standard InChI is InChI=1S/C25H31N5O2S/c1-4-28(5-2)23(31)22(20-9-7-6-8-10-20)33-25-27-26-24(29-15-17-32-18-16-29)30(25)21-13-11-19(3)12-14-21/h6-14,22H,4-5,15-18H2,1-3H3. The molecule has 33 heavy (non-hydrogen) atoms. The third-order valence-corrected chi connectivity index (χ3v) is 7.01. The largest absolute Gasteiger partial charge is 0.378 e. The Kier molecular flexibility index (Phi) is 7.67. The molecule has 8 heteroatoms. The Morgan fingerprint density at radius 1 is 1.03 bits per heavy atom. The molecule has 3 aromatic rings. The first kappa shape index (κ1) is 23.3. The monoisotopic (exact) mass is 465 g/mol. The summed E-state index contributed by atoms with van der Waals surface area (Å²) in [6.07, 6.45) is 0. The van der Waals surface area contributed by atoms with E-state index in [0.717, 1.165) is 30.3 Å². The van der Waals surface area contributed by atoms with Crippen LogP contribution in [-0.2, 0) is 9.53 Å². The predicted octanol–water partition coefficient (Wildman–Crippen LogP) is 4.11. The van der Waals surface area contributed by atoms with Crippen molar-refractivity contribution in [3.8, 4) is 5.69 Å². The molecule has 1 unspecified atom stereocenters. The molecule has 4 rings (SSSR count). The molecule has 0 bridgehead atoms. The summed E-state index contributed by atoms with van der Waals surface area (Å²) in [6, 6.07) is 18.3. The molecule has 0 N–H and O–H groups in total. The van der Waals surface area contributed by atoms with E-state index >= 15 is 0 Å². The van der Waals surface area contributed by atoms with Gasteiger partial charge in [-0.3, -0.25) is 9.36 Å². The van der Waals surface area contributed by atoms with E-state index in [1.165, 1.54) is 17.3 Å². The first-order chi connectivity index (χ1) is 16.1. The van der Waals surface area contributed by atoms with Crippen molar-refractivity contribution in [1.82, 2.24) is 19.7 Å². The number of ether oxygens (including phenoxy) is 1. The lowest BCUT2D eigenvalue weighted by atomic mass is 10.1. The second-order valence-electron chi connectivity index (χ2n) is 7.97. The van der Waals surface area contributed by atoms with Crippen LogP contribution in [0, 0.1) is 6.92 Å². The van der Waals surface area contributed by atoms with Crippen LogP contribution < -0.4 is 4.90 Å². The Hall–Kier alpha value is -2.84. The molecular weight excluding hydrogens is 434 g/mol. The maximum Gasteiger partial charge on any atom is 0.240 e. The Balaban J connectivity index is 1.76. The fourth-order valence-corrected chi connectivity index (χ4v) is 5.06. The number of hydrogen-bond acceptors (Lipinski definition) is 6. The van der Waals surface area contributed by atoms with Gasteiger partial charge in [0, 0.05) is 26.2 Å². The zero-order chi connectivity index (χ0) is 23.2. The lowest BCUT2D eigenvalue weighted by Gasteiger charge is -2.28. The summed E-state index contributed by atoms with van der Waals surface area (Å²) in [7, 11) is 0. The number of anilines is 1. The molecule has 1 aliphatic heterocycles. The molecular formula is C25H31N5O2S. The zero-order valence-electron chi connectivity index (χ0n) is 19.5. The van der Waals surface area contributed by atoms with Crippen LogP contribution in [0.4, 0.5) is 5.95 Å². The van der Waals surface area contributed by atoms with E-state index in [1.807, 2.05) is 49.1 Å². The van der Waals surface area contributed by atoms with Crippen molar-refractivity contribution in [3.05, 3.63) is 65.7 Å². The van der Waals surface area contributed by atoms with Crippen LogP contribution in [0.5, 0.6) is 0 Å². The van der Waals surface area contributed by atoms with E-state index in [-0.39, 0.29) is 5.91 Å². The highest BCUT2D eigenvalue weighted by Gasteiger charge is 2.30. The van der Waals surface area contributed by atoms with E-state index in [0.29, 0.717) is 31.5 Å². The van der Waals surface area contributed by atoms with E-state index in [4.69, 9.17) is 4.74 Å². The number of nitrogens with zero attached hydrogens (tertiary/aromatic N) is 5. The number of carbonyl (C=O) groups is 1. The molecule has 1 aromatic heterocycles. The molecule has 1 fully saturated rings. The van der Waals surface area contributed by atoms with Gasteiger partial charge in [-0.25, -0.2) is 0 Å². The molecule has 1 atom stereocenters. The average molecular weight is 466 g/mol. The SMILES string of the molecule is CCN(CC)C(=O)C(Sc1nnc(N2CCOCC2)n1-c1ccc(C)cc1)c1ccccc1. The van der Waals surface area contributed by atoms with Crippen LogP contribution in [0.25, 0.3) is 5.69 Å². The van der Waals surface area contributed by atoms with Crippen molar-refractivity contribution in [2.45, 2.75) is 31.2 Å². The third-order valence-electron chi connectivity index (χ3n) is 5.83. The molecule has 7 nitrogen and oxygen atoms in total. The predicted molar refractivity (Wildman–Crippen MR) is 132 cm³/mol. The number of morpholine rings is 1. The van der Waals surface area contributed by atoms with Gasteiger partial charge in [0.25, 0.3) is 0 Å². The van der Waals surface area contributed by atoms with Gasteiger partial charge in [-0.2, -0.15) is 0 Å². The molecule has 0 spiro atoms. The molecule has 1 saturated heterocycles. The fraction of sp³-hybridized carbons (Fsp3) is 0.400. The Morgan fingerprint density at radius 2 is 1.70 bits per heavy atom. The minimum atomic E-state index is -0.406. The first-order valence-electron chi connectivity index (χ1n) is 11.5. The maximum atomic E-state index is 13.5. The van der Waals surface area contributed by atoms with Gasteiger partial charge in [0.2, 0.25) is 11.9 Å². The van der Waals surface area contributed by atoms with Crippen molar-refractivity contribution in [1.29, 1.82) is 0 Å². The maximum absolute atomic E-state index is 13.5. The minimum absolute atomic E-state index is 0.0857. The highest BCUT2D eigenvalue weighted by molar-refractivity contribution is 8.00. The smallest absolute Gasteiger partial charge is 0.240 e. The van der Waals surface area contributed by atoms with Crippen LogP contribution in [0.3, 0.4) is 0 Å². The summed E-state index contributed by atoms with van der Waals surface area (Å²) >= 11 is 1.46. The molecule has 1 aliphatic rings. The lowest BCUT2D eigenvalue weighted by molar-refractivity contribution is -0.130. The van der Waals surface area contributed by atoms with Gasteiger partial charge in [0.1, 0.15) is 5.25 Å². The normalized spacial score (nSPS) is 14.8. The highest BCUT2D eigenvalue weighted by atomic mass is 32.2. The molecule has 174 valence electrons. The Morgan fingerprint density at radius 3 is 2.33 bits per heavy atom. The number of thioether (sulfide) groups is 1. The van der Waals surface area contributed by atoms with Gasteiger partial charge in [0.15, 0.2) is 5.16 Å². The number of hydrogen-bond donors (Lipinski definition) is 0. The van der Waals surface area contributed by atoms with Gasteiger partial charge in [-0.1, -0.05) is 59.8 Å². The van der Waals surface area contributed by atoms with Crippen molar-refractivity contribution < 1.29 is 9.53 Å². The number of aryl methyl sites for hydroxylation is 1. The summed E-state index contributed by atoms with van der Waals surface area (Å²) in [5.41, 5.74) is 3.13. The van der Waals surface area contributed by atoms with Crippen molar-refractivity contribution in [2.75, 3.05) is 44.3 Å². The number of benzene rings is 2. The summed E-state index contributed by atoms with van der Waals surface area (Å²) in [5.74, 6) is 0.870. The number of carbonyl (C=O) groups excluding carboxylic acids is 1. The van der Waals surface area contributed by atoms with Crippen molar-refractivity contribution >= 4 is 23.6 Å². The second-order valence-corrected chi connectivity index (χ2v) is 9.04. The molecule has 2 heterocycles. The van der Waals surface area contributed by atoms with Crippen LogP contribution in [-0.4, -0.2) is 65.0 Å². The quantitative estimate of drug-likeness (QED) is 0.467. The van der Waals surface area contributed by atoms with E-state index in [1.54, 1.807) is 0 Å². The van der Waals surface area contributed by atoms with Crippen LogP contribution >= 0.6 is 11.8 Å². The topological polar surface area (TPSA) is 63.5 Å². The summed E-state index contributed by atoms with van der Waals surface area (Å²) in [6.45, 7) is 10.3. The average Bonchev–Trinajstić information content (AvgIpc) is 3.28. The van der Waals surface area contributed by atoms with Crippen LogP contribution in [0.2, 0.25) is 0 Å². The number of rotatable bonds is 8. The van der Waals surface area contributed by atoms with Gasteiger partial charge in [0.05, 0.1) is 18.9 Å². The highest BCUT2D eigenvalue weighted by Crippen LogP contribution is 2.38. The summed E-state index contributed by atoms with van der Waals surface area (Å²) in [4.78, 5) is 17.6. The zero-order valence-corrected chi connectivity index (χ0v) is 20.3. The number of likely N-dealkylation sites (N-methyl/N-ethyl adjacent to an activating group) is 1.